The van der Waals surface area contributed by atoms with Crippen molar-refractivity contribution in [3.63, 3.8) is 0 Å². The monoisotopic (exact) mass is 318 g/mol. The fourth-order valence-corrected chi connectivity index (χ4v) is 3.30. The van der Waals surface area contributed by atoms with Crippen molar-refractivity contribution in [2.75, 3.05) is 0 Å². The molecule has 0 heterocycles. The molecule has 1 atom stereocenters. The Labute approximate surface area is 131 Å². The summed E-state index contributed by atoms with van der Waals surface area (Å²) in [4.78, 5) is 0.436. The minimum atomic E-state index is -1.92. The van der Waals surface area contributed by atoms with Crippen LogP contribution in [0.5, 0.6) is 0 Å². The number of rotatable bonds is 3. The van der Waals surface area contributed by atoms with Crippen LogP contribution in [-0.4, -0.2) is 8.76 Å². The lowest BCUT2D eigenvalue weighted by Crippen LogP contribution is -1.90. The van der Waals surface area contributed by atoms with Crippen LogP contribution in [0.3, 0.4) is 0 Å². The van der Waals surface area contributed by atoms with E-state index < -0.39 is 11.1 Å². The molecule has 1 unspecified atom stereocenters. The summed E-state index contributed by atoms with van der Waals surface area (Å²) in [6, 6.07) is 15.2. The number of benzene rings is 2. The topological polar surface area (TPSA) is 37.3 Å². The molecule has 0 bridgehead atoms. The predicted octanol–water partition coefficient (Wildman–Crippen LogP) is 5.02. The molecule has 108 valence electrons. The van der Waals surface area contributed by atoms with E-state index in [4.69, 9.17) is 16.2 Å². The van der Waals surface area contributed by atoms with Crippen LogP contribution in [0.15, 0.2) is 53.4 Å². The molecule has 3 rings (SSSR count). The lowest BCUT2D eigenvalue weighted by molar-refractivity contribution is 0.564. The maximum absolute atomic E-state index is 11.0. The summed E-state index contributed by atoms with van der Waals surface area (Å²) in [5.74, 6) is 0. The Morgan fingerprint density at radius 3 is 1.81 bits per heavy atom. The molecule has 0 saturated carbocycles. The van der Waals surface area contributed by atoms with Gasteiger partial charge in [-0.15, -0.1) is 0 Å². The van der Waals surface area contributed by atoms with E-state index in [2.05, 4.69) is 12.1 Å². The van der Waals surface area contributed by atoms with Gasteiger partial charge in [0.15, 0.2) is 11.1 Å². The van der Waals surface area contributed by atoms with Crippen molar-refractivity contribution in [1.29, 1.82) is 0 Å². The van der Waals surface area contributed by atoms with E-state index in [1.807, 2.05) is 24.3 Å². The summed E-state index contributed by atoms with van der Waals surface area (Å²) in [6.45, 7) is 0. The first-order valence-corrected chi connectivity index (χ1v) is 8.33. The molecule has 0 saturated heterocycles. The molecular weight excluding hydrogens is 304 g/mol. The molecule has 1 N–H and O–H groups in total. The molecule has 1 aliphatic carbocycles. The van der Waals surface area contributed by atoms with Gasteiger partial charge in [0.05, 0.1) is 4.90 Å². The van der Waals surface area contributed by atoms with Crippen LogP contribution in [0.1, 0.15) is 30.4 Å². The van der Waals surface area contributed by atoms with Gasteiger partial charge < -0.3 is 4.55 Å². The molecule has 0 radical (unpaired) electrons. The average Bonchev–Trinajstić information content (AvgIpc) is 2.97. The van der Waals surface area contributed by atoms with E-state index in [0.717, 1.165) is 29.8 Å². The third-order valence-corrected chi connectivity index (χ3v) is 4.74. The number of allylic oxidation sites excluding steroid dienone is 2. The molecule has 2 aromatic carbocycles. The highest BCUT2D eigenvalue weighted by Crippen LogP contribution is 2.40. The summed E-state index contributed by atoms with van der Waals surface area (Å²) in [7, 11) is 0. The van der Waals surface area contributed by atoms with Gasteiger partial charge in [0.2, 0.25) is 0 Å². The van der Waals surface area contributed by atoms with E-state index in [1.54, 1.807) is 12.1 Å². The maximum Gasteiger partial charge on any atom is 0.186 e. The molecular formula is C17H15ClO2S. The van der Waals surface area contributed by atoms with Gasteiger partial charge in [0.1, 0.15) is 0 Å². The van der Waals surface area contributed by atoms with E-state index in [0.29, 0.717) is 4.90 Å². The zero-order valence-corrected chi connectivity index (χ0v) is 13.0. The normalized spacial score (nSPS) is 16.3. The highest BCUT2D eigenvalue weighted by Gasteiger charge is 2.17. The van der Waals surface area contributed by atoms with Crippen molar-refractivity contribution in [2.24, 2.45) is 0 Å². The Morgan fingerprint density at radius 2 is 1.33 bits per heavy atom. The Kier molecular flexibility index (Phi) is 4.24. The Morgan fingerprint density at radius 1 is 0.857 bits per heavy atom. The SMILES string of the molecule is O=S(O)c1ccc(C2=C(c3ccc(Cl)cc3)CCC2)cc1. The lowest BCUT2D eigenvalue weighted by Gasteiger charge is -2.09. The first-order chi connectivity index (χ1) is 10.1. The van der Waals surface area contributed by atoms with Crippen molar-refractivity contribution in [1.82, 2.24) is 0 Å². The molecule has 21 heavy (non-hydrogen) atoms. The molecule has 1 aliphatic rings. The van der Waals surface area contributed by atoms with Crippen LogP contribution in [0, 0.1) is 0 Å². The molecule has 4 heteroatoms. The van der Waals surface area contributed by atoms with Crippen LogP contribution in [0.25, 0.3) is 11.1 Å². The second-order valence-electron chi connectivity index (χ2n) is 5.09. The van der Waals surface area contributed by atoms with Gasteiger partial charge in [-0.25, -0.2) is 4.21 Å². The zero-order valence-electron chi connectivity index (χ0n) is 11.4. The fourth-order valence-electron chi connectivity index (χ4n) is 2.80. The van der Waals surface area contributed by atoms with Crippen LogP contribution in [0.4, 0.5) is 0 Å². The summed E-state index contributed by atoms with van der Waals surface area (Å²) in [5, 5.41) is 0.744. The highest BCUT2D eigenvalue weighted by molar-refractivity contribution is 7.79. The Balaban J connectivity index is 2.00. The fraction of sp³-hybridized carbons (Fsp3) is 0.176. The van der Waals surface area contributed by atoms with Crippen molar-refractivity contribution >= 4 is 33.8 Å². The summed E-state index contributed by atoms with van der Waals surface area (Å²) in [6.07, 6.45) is 3.24. The van der Waals surface area contributed by atoms with E-state index in [9.17, 15) is 4.21 Å². The Hall–Kier alpha value is -1.42. The molecule has 2 aromatic rings. The van der Waals surface area contributed by atoms with Crippen molar-refractivity contribution < 1.29 is 8.76 Å². The van der Waals surface area contributed by atoms with Gasteiger partial charge in [-0.2, -0.15) is 0 Å². The minimum Gasteiger partial charge on any atom is -0.302 e. The molecule has 0 fully saturated rings. The average molecular weight is 319 g/mol. The molecule has 2 nitrogen and oxygen atoms in total. The summed E-state index contributed by atoms with van der Waals surface area (Å²) >= 11 is 4.03. The van der Waals surface area contributed by atoms with Gasteiger partial charge in [-0.05, 0) is 65.8 Å². The zero-order chi connectivity index (χ0) is 14.8. The van der Waals surface area contributed by atoms with Crippen molar-refractivity contribution in [3.05, 3.63) is 64.7 Å². The predicted molar refractivity (Wildman–Crippen MR) is 87.6 cm³/mol. The number of hydrogen-bond acceptors (Lipinski definition) is 1. The molecule has 0 amide bonds. The third-order valence-electron chi connectivity index (χ3n) is 3.81. The van der Waals surface area contributed by atoms with Gasteiger partial charge in [0.25, 0.3) is 0 Å². The van der Waals surface area contributed by atoms with Crippen LogP contribution in [-0.2, 0) is 11.1 Å². The van der Waals surface area contributed by atoms with E-state index in [-0.39, 0.29) is 0 Å². The second-order valence-corrected chi connectivity index (χ2v) is 6.50. The van der Waals surface area contributed by atoms with Crippen LogP contribution >= 0.6 is 11.6 Å². The van der Waals surface area contributed by atoms with Crippen molar-refractivity contribution in [3.8, 4) is 0 Å². The second kappa shape index (κ2) is 6.14. The van der Waals surface area contributed by atoms with Gasteiger partial charge in [0, 0.05) is 5.02 Å². The van der Waals surface area contributed by atoms with Gasteiger partial charge >= 0.3 is 0 Å². The van der Waals surface area contributed by atoms with Crippen molar-refractivity contribution in [2.45, 2.75) is 24.2 Å². The summed E-state index contributed by atoms with van der Waals surface area (Å²) in [5.41, 5.74) is 5.02. The number of halogens is 1. The largest absolute Gasteiger partial charge is 0.302 e. The van der Waals surface area contributed by atoms with Gasteiger partial charge in [-0.1, -0.05) is 35.9 Å². The quantitative estimate of drug-likeness (QED) is 0.807. The smallest absolute Gasteiger partial charge is 0.186 e. The Bertz CT molecular complexity index is 703. The lowest BCUT2D eigenvalue weighted by atomic mass is 9.97. The first-order valence-electron chi connectivity index (χ1n) is 6.84. The standard InChI is InChI=1S/C17H15ClO2S/c18-14-8-4-12(5-9-14)16-2-1-3-17(16)13-6-10-15(11-7-13)21(19)20/h4-11H,1-3H2,(H,19,20). The minimum absolute atomic E-state index is 0.436. The molecule has 0 spiro atoms. The number of hydrogen-bond donors (Lipinski definition) is 1. The third kappa shape index (κ3) is 3.10. The van der Waals surface area contributed by atoms with Gasteiger partial charge in [-0.3, -0.25) is 0 Å². The van der Waals surface area contributed by atoms with Crippen LogP contribution < -0.4 is 0 Å². The van der Waals surface area contributed by atoms with Crippen LogP contribution in [0.2, 0.25) is 5.02 Å². The highest BCUT2D eigenvalue weighted by atomic mass is 35.5. The summed E-state index contributed by atoms with van der Waals surface area (Å²) < 4.78 is 20.1. The van der Waals surface area contributed by atoms with E-state index in [1.165, 1.54) is 16.7 Å². The molecule has 0 aliphatic heterocycles. The first kappa shape index (κ1) is 14.5. The van der Waals surface area contributed by atoms with E-state index >= 15 is 0 Å². The maximum atomic E-state index is 11.0. The molecule has 0 aromatic heterocycles.